The summed E-state index contributed by atoms with van der Waals surface area (Å²) < 4.78 is 4.90. The summed E-state index contributed by atoms with van der Waals surface area (Å²) in [5, 5.41) is 11.2. The summed E-state index contributed by atoms with van der Waals surface area (Å²) in [5.41, 5.74) is 0. The van der Waals surface area contributed by atoms with Crippen LogP contribution in [0.15, 0.2) is 0 Å². The minimum absolute atomic E-state index is 0.0139. The van der Waals surface area contributed by atoms with Gasteiger partial charge < -0.3 is 15.2 Å². The highest BCUT2D eigenvalue weighted by Crippen LogP contribution is 2.07. The van der Waals surface area contributed by atoms with Gasteiger partial charge in [0.1, 0.15) is 0 Å². The number of hydrogen-bond donors (Lipinski definition) is 2. The maximum Gasteiger partial charge on any atom is 0.305 e. The van der Waals surface area contributed by atoms with E-state index in [9.17, 15) is 9.59 Å². The molecule has 0 aliphatic carbocycles. The number of carbonyl (C=O) groups excluding carboxylic acids is 1. The Morgan fingerprint density at radius 1 is 1.50 bits per heavy atom. The van der Waals surface area contributed by atoms with Crippen molar-refractivity contribution in [1.82, 2.24) is 5.32 Å². The van der Waals surface area contributed by atoms with Gasteiger partial charge in [0.2, 0.25) is 5.91 Å². The van der Waals surface area contributed by atoms with E-state index >= 15 is 0 Å². The standard InChI is InChI=1S/C9H17NO4/c1-6(5-14-3)8(4-9(12)13)10-7(2)11/h6,8H,4-5H2,1-3H3,(H,10,11)(H,12,13). The van der Waals surface area contributed by atoms with Crippen LogP contribution in [0.25, 0.3) is 0 Å². The third-order valence-electron chi connectivity index (χ3n) is 1.90. The number of rotatable bonds is 6. The lowest BCUT2D eigenvalue weighted by atomic mass is 10.00. The van der Waals surface area contributed by atoms with Gasteiger partial charge in [-0.2, -0.15) is 0 Å². The number of carbonyl (C=O) groups is 2. The average Bonchev–Trinajstić information content (AvgIpc) is 2.01. The number of carboxylic acids is 1. The number of ether oxygens (including phenoxy) is 1. The van der Waals surface area contributed by atoms with Gasteiger partial charge in [0.15, 0.2) is 0 Å². The molecule has 5 nitrogen and oxygen atoms in total. The summed E-state index contributed by atoms with van der Waals surface area (Å²) in [5.74, 6) is -1.16. The minimum Gasteiger partial charge on any atom is -0.481 e. The van der Waals surface area contributed by atoms with Crippen LogP contribution in [0.1, 0.15) is 20.3 Å². The number of hydrogen-bond acceptors (Lipinski definition) is 3. The Bertz CT molecular complexity index is 189. The maximum absolute atomic E-state index is 10.8. The largest absolute Gasteiger partial charge is 0.481 e. The second-order valence-electron chi connectivity index (χ2n) is 3.34. The van der Waals surface area contributed by atoms with Gasteiger partial charge in [-0.15, -0.1) is 0 Å². The molecule has 5 heteroatoms. The summed E-state index contributed by atoms with van der Waals surface area (Å²) in [6.45, 7) is 3.64. The zero-order chi connectivity index (χ0) is 11.1. The van der Waals surface area contributed by atoms with Crippen molar-refractivity contribution >= 4 is 11.9 Å². The Morgan fingerprint density at radius 2 is 2.07 bits per heavy atom. The highest BCUT2D eigenvalue weighted by Gasteiger charge is 2.20. The van der Waals surface area contributed by atoms with Crippen LogP contribution < -0.4 is 5.32 Å². The van der Waals surface area contributed by atoms with Gasteiger partial charge in [0.25, 0.3) is 0 Å². The van der Waals surface area contributed by atoms with E-state index in [2.05, 4.69) is 5.32 Å². The van der Waals surface area contributed by atoms with E-state index in [1.807, 2.05) is 6.92 Å². The predicted octanol–water partition coefficient (Wildman–Crippen LogP) is 0.248. The SMILES string of the molecule is COCC(C)C(CC(=O)O)NC(C)=O. The molecule has 0 aromatic heterocycles. The number of nitrogens with one attached hydrogen (secondary N) is 1. The number of aliphatic carboxylic acids is 1. The normalized spacial score (nSPS) is 14.5. The van der Waals surface area contributed by atoms with Crippen LogP contribution in [0.4, 0.5) is 0 Å². The van der Waals surface area contributed by atoms with Crippen molar-refractivity contribution in [2.75, 3.05) is 13.7 Å². The first-order valence-corrected chi connectivity index (χ1v) is 4.45. The van der Waals surface area contributed by atoms with Crippen LogP contribution in [-0.4, -0.2) is 36.7 Å². The van der Waals surface area contributed by atoms with Gasteiger partial charge in [-0.05, 0) is 0 Å². The molecule has 0 saturated carbocycles. The molecule has 14 heavy (non-hydrogen) atoms. The Morgan fingerprint density at radius 3 is 2.43 bits per heavy atom. The molecule has 0 radical (unpaired) electrons. The van der Waals surface area contributed by atoms with Crippen LogP contribution in [0.5, 0.6) is 0 Å². The Hall–Kier alpha value is -1.10. The molecule has 0 spiro atoms. The second kappa shape index (κ2) is 6.37. The molecule has 1 amide bonds. The van der Waals surface area contributed by atoms with Crippen molar-refractivity contribution in [2.45, 2.75) is 26.3 Å². The summed E-state index contributed by atoms with van der Waals surface area (Å²) in [6.07, 6.45) is -0.0793. The first-order chi connectivity index (χ1) is 6.47. The monoisotopic (exact) mass is 203 g/mol. The van der Waals surface area contributed by atoms with Gasteiger partial charge in [0.05, 0.1) is 13.0 Å². The van der Waals surface area contributed by atoms with E-state index in [1.54, 1.807) is 7.11 Å². The van der Waals surface area contributed by atoms with Crippen molar-refractivity contribution in [3.8, 4) is 0 Å². The predicted molar refractivity (Wildman–Crippen MR) is 50.9 cm³/mol. The summed E-state index contributed by atoms with van der Waals surface area (Å²) in [7, 11) is 1.54. The van der Waals surface area contributed by atoms with Gasteiger partial charge >= 0.3 is 5.97 Å². The highest BCUT2D eigenvalue weighted by molar-refractivity contribution is 5.75. The van der Waals surface area contributed by atoms with Crippen LogP contribution >= 0.6 is 0 Å². The molecule has 0 heterocycles. The lowest BCUT2D eigenvalue weighted by molar-refractivity contribution is -0.138. The number of amides is 1. The first kappa shape index (κ1) is 12.9. The molecule has 0 bridgehead atoms. The maximum atomic E-state index is 10.8. The molecule has 0 aliphatic heterocycles. The van der Waals surface area contributed by atoms with E-state index in [-0.39, 0.29) is 24.3 Å². The summed E-state index contributed by atoms with van der Waals surface area (Å²) in [6, 6.07) is -0.370. The molecular formula is C9H17NO4. The van der Waals surface area contributed by atoms with Crippen LogP contribution in [0.2, 0.25) is 0 Å². The molecule has 0 aromatic rings. The first-order valence-electron chi connectivity index (χ1n) is 4.45. The third kappa shape index (κ3) is 5.53. The Kier molecular flexibility index (Phi) is 5.87. The Labute approximate surface area is 83.4 Å². The van der Waals surface area contributed by atoms with E-state index in [4.69, 9.17) is 9.84 Å². The highest BCUT2D eigenvalue weighted by atomic mass is 16.5. The lowest BCUT2D eigenvalue weighted by Gasteiger charge is -2.22. The molecule has 2 N–H and O–H groups in total. The zero-order valence-corrected chi connectivity index (χ0v) is 8.74. The van der Waals surface area contributed by atoms with Crippen molar-refractivity contribution in [3.05, 3.63) is 0 Å². The van der Waals surface area contributed by atoms with Crippen LogP contribution in [0.3, 0.4) is 0 Å². The van der Waals surface area contributed by atoms with E-state index in [0.717, 1.165) is 0 Å². The van der Waals surface area contributed by atoms with E-state index < -0.39 is 5.97 Å². The molecule has 0 aromatic carbocycles. The van der Waals surface area contributed by atoms with Crippen molar-refractivity contribution in [2.24, 2.45) is 5.92 Å². The molecule has 0 aliphatic rings. The third-order valence-corrected chi connectivity index (χ3v) is 1.90. The lowest BCUT2D eigenvalue weighted by Crippen LogP contribution is -2.41. The molecule has 0 saturated heterocycles. The van der Waals surface area contributed by atoms with Crippen LogP contribution in [-0.2, 0) is 14.3 Å². The number of carboxylic acid groups (broad SMARTS) is 1. The molecule has 2 unspecified atom stereocenters. The Balaban J connectivity index is 4.21. The van der Waals surface area contributed by atoms with Crippen molar-refractivity contribution in [3.63, 3.8) is 0 Å². The van der Waals surface area contributed by atoms with Crippen LogP contribution in [0, 0.1) is 5.92 Å². The molecule has 82 valence electrons. The van der Waals surface area contributed by atoms with Gasteiger partial charge in [-0.3, -0.25) is 9.59 Å². The fourth-order valence-electron chi connectivity index (χ4n) is 1.22. The molecular weight excluding hydrogens is 186 g/mol. The smallest absolute Gasteiger partial charge is 0.305 e. The fraction of sp³-hybridized carbons (Fsp3) is 0.778. The minimum atomic E-state index is -0.924. The average molecular weight is 203 g/mol. The van der Waals surface area contributed by atoms with Gasteiger partial charge in [-0.1, -0.05) is 6.92 Å². The van der Waals surface area contributed by atoms with Gasteiger partial charge in [-0.25, -0.2) is 0 Å². The molecule has 2 atom stereocenters. The van der Waals surface area contributed by atoms with E-state index in [0.29, 0.717) is 6.61 Å². The quantitative estimate of drug-likeness (QED) is 0.648. The fourth-order valence-corrected chi connectivity index (χ4v) is 1.22. The summed E-state index contributed by atoms with van der Waals surface area (Å²) >= 11 is 0. The summed E-state index contributed by atoms with van der Waals surface area (Å²) in [4.78, 5) is 21.3. The zero-order valence-electron chi connectivity index (χ0n) is 8.74. The van der Waals surface area contributed by atoms with Crippen molar-refractivity contribution in [1.29, 1.82) is 0 Å². The van der Waals surface area contributed by atoms with E-state index in [1.165, 1.54) is 6.92 Å². The van der Waals surface area contributed by atoms with Crippen molar-refractivity contribution < 1.29 is 19.4 Å². The topological polar surface area (TPSA) is 75.6 Å². The number of methoxy groups -OCH3 is 1. The molecule has 0 fully saturated rings. The molecule has 0 rings (SSSR count). The van der Waals surface area contributed by atoms with Gasteiger partial charge in [0, 0.05) is 26.0 Å². The second-order valence-corrected chi connectivity index (χ2v) is 3.34.